The van der Waals surface area contributed by atoms with E-state index in [0.29, 0.717) is 26.4 Å². The van der Waals surface area contributed by atoms with Gasteiger partial charge in [-0.25, -0.2) is 0 Å². The molecule has 1 N–H and O–H groups in total. The fourth-order valence-electron chi connectivity index (χ4n) is 0.375. The maximum atomic E-state index is 4.77. The number of rotatable bonds is 8. The van der Waals surface area contributed by atoms with Gasteiger partial charge in [-0.05, 0) is 0 Å². The van der Waals surface area contributed by atoms with E-state index in [0.717, 1.165) is 0 Å². The average molecular weight is 190 g/mol. The average Bonchev–Trinajstić information content (AvgIpc) is 2.03. The molecule has 12 heavy (non-hydrogen) atoms. The molecule has 0 amide bonds. The molecule has 0 bridgehead atoms. The van der Waals surface area contributed by atoms with Gasteiger partial charge in [-0.15, -0.1) is 0 Å². The first-order valence-electron chi connectivity index (χ1n) is 3.38. The molecule has 5 nitrogen and oxygen atoms in total. The third kappa shape index (κ3) is 13.4. The van der Waals surface area contributed by atoms with Crippen LogP contribution in [-0.4, -0.2) is 70.2 Å². The number of nitrogens with one attached hydrogen (secondary N) is 1. The van der Waals surface area contributed by atoms with Gasteiger partial charge in [-0.1, -0.05) is 5.64 Å². The van der Waals surface area contributed by atoms with Crippen molar-refractivity contribution in [3.63, 3.8) is 0 Å². The van der Waals surface area contributed by atoms with Gasteiger partial charge in [0.1, 0.15) is 0 Å². The molecule has 0 heterocycles. The molecular weight excluding hydrogens is 173 g/mol. The van der Waals surface area contributed by atoms with E-state index in [4.69, 9.17) is 19.1 Å². The second-order valence-corrected chi connectivity index (χ2v) is 1.77. The number of hydrogen-bond donors (Lipinski definition) is 1. The van der Waals surface area contributed by atoms with Crippen LogP contribution in [0.1, 0.15) is 1.43 Å². The molecule has 0 radical (unpaired) electrons. The van der Waals surface area contributed by atoms with Crippen molar-refractivity contribution in [3.05, 3.63) is 0 Å². The monoisotopic (exact) mass is 190 g/mol. The standard InChI is InChI=1S/C6H15NO4.Na.H/c1-8-3-5-10-7-11-6-4-9-2;;/h7H,3-6H2,1-2H3;;/p+1. The topological polar surface area (TPSA) is 49.0 Å². The van der Waals surface area contributed by atoms with Crippen LogP contribution in [0.15, 0.2) is 0 Å². The number of ether oxygens (including phenoxy) is 2. The Morgan fingerprint density at radius 2 is 1.33 bits per heavy atom. The van der Waals surface area contributed by atoms with Crippen molar-refractivity contribution in [2.24, 2.45) is 0 Å². The van der Waals surface area contributed by atoms with Gasteiger partial charge in [0.2, 0.25) is 0 Å². The fourth-order valence-corrected chi connectivity index (χ4v) is 0.375. The third-order valence-corrected chi connectivity index (χ3v) is 0.897. The molecule has 0 saturated heterocycles. The predicted molar refractivity (Wildman–Crippen MR) is 47.1 cm³/mol. The van der Waals surface area contributed by atoms with Crippen molar-refractivity contribution in [3.8, 4) is 0 Å². The van der Waals surface area contributed by atoms with Crippen molar-refractivity contribution >= 4 is 29.6 Å². The van der Waals surface area contributed by atoms with Crippen molar-refractivity contribution in [1.29, 1.82) is 0 Å². The summed E-state index contributed by atoms with van der Waals surface area (Å²) in [4.78, 5) is 9.54. The van der Waals surface area contributed by atoms with Crippen LogP contribution in [0.4, 0.5) is 0 Å². The van der Waals surface area contributed by atoms with Crippen LogP contribution in [0.2, 0.25) is 0 Å². The zero-order valence-electron chi connectivity index (χ0n) is 7.96. The van der Waals surface area contributed by atoms with E-state index in [1.165, 1.54) is 0 Å². The molecule has 0 atom stereocenters. The Labute approximate surface area is 96.4 Å². The minimum atomic E-state index is 0. The molecule has 0 fully saturated rings. The molecule has 0 saturated carbocycles. The fraction of sp³-hybridized carbons (Fsp3) is 1.00. The van der Waals surface area contributed by atoms with Crippen molar-refractivity contribution in [2.75, 3.05) is 40.6 Å². The van der Waals surface area contributed by atoms with E-state index >= 15 is 0 Å². The van der Waals surface area contributed by atoms with Crippen LogP contribution in [0.3, 0.4) is 0 Å². The molecular formula is C6H17NNaO4+. The second-order valence-electron chi connectivity index (χ2n) is 1.77. The van der Waals surface area contributed by atoms with E-state index in [1.807, 2.05) is 0 Å². The summed E-state index contributed by atoms with van der Waals surface area (Å²) in [6.45, 7) is 2.01. The summed E-state index contributed by atoms with van der Waals surface area (Å²) >= 11 is 0. The van der Waals surface area contributed by atoms with Gasteiger partial charge in [0.25, 0.3) is 0 Å². The molecule has 0 spiro atoms. The molecule has 0 aromatic heterocycles. The molecule has 0 aliphatic heterocycles. The summed E-state index contributed by atoms with van der Waals surface area (Å²) in [6, 6.07) is 0. The first kappa shape index (κ1) is 15.3. The molecule has 0 aromatic rings. The Bertz CT molecular complexity index is 73.7. The van der Waals surface area contributed by atoms with Crippen molar-refractivity contribution < 1.29 is 20.6 Å². The molecule has 0 rings (SSSR count). The third-order valence-electron chi connectivity index (χ3n) is 0.897. The summed E-state index contributed by atoms with van der Waals surface area (Å²) in [6.07, 6.45) is 0. The van der Waals surface area contributed by atoms with Crippen LogP contribution in [0.25, 0.3) is 0 Å². The first-order chi connectivity index (χ1) is 5.41. The van der Waals surface area contributed by atoms with Crippen LogP contribution in [0.5, 0.6) is 0 Å². The van der Waals surface area contributed by atoms with Crippen molar-refractivity contribution in [2.45, 2.75) is 0 Å². The molecule has 70 valence electrons. The van der Waals surface area contributed by atoms with Gasteiger partial charge in [0, 0.05) is 14.2 Å². The zero-order chi connectivity index (χ0) is 8.36. The predicted octanol–water partition coefficient (Wildman–Crippen LogP) is -0.804. The zero-order valence-corrected chi connectivity index (χ0v) is 6.96. The van der Waals surface area contributed by atoms with Gasteiger partial charge in [0.15, 0.2) is 0 Å². The van der Waals surface area contributed by atoms with E-state index in [9.17, 15) is 0 Å². The Morgan fingerprint density at radius 3 is 1.67 bits per heavy atom. The summed E-state index contributed by atoms with van der Waals surface area (Å²) in [5.41, 5.74) is 2.30. The van der Waals surface area contributed by atoms with E-state index in [2.05, 4.69) is 5.64 Å². The molecule has 6 heteroatoms. The molecule has 0 aliphatic carbocycles. The molecule has 0 unspecified atom stereocenters. The van der Waals surface area contributed by atoms with E-state index in [1.54, 1.807) is 14.2 Å². The molecule has 0 aliphatic rings. The summed E-state index contributed by atoms with van der Waals surface area (Å²) < 4.78 is 9.45. The van der Waals surface area contributed by atoms with Gasteiger partial charge in [-0.3, -0.25) is 9.68 Å². The van der Waals surface area contributed by atoms with E-state index < -0.39 is 0 Å². The normalized spacial score (nSPS) is 9.50. The Kier molecular flexibility index (Phi) is 18.2. The Balaban J connectivity index is -0.000000500. The van der Waals surface area contributed by atoms with Crippen LogP contribution in [0, 0.1) is 0 Å². The second kappa shape index (κ2) is 14.3. The van der Waals surface area contributed by atoms with E-state index in [-0.39, 0.29) is 31.0 Å². The maximum absolute atomic E-state index is 4.77. The van der Waals surface area contributed by atoms with Gasteiger partial charge in [0.05, 0.1) is 26.4 Å². The van der Waals surface area contributed by atoms with Crippen LogP contribution >= 0.6 is 0 Å². The van der Waals surface area contributed by atoms with Crippen LogP contribution in [-0.2, 0) is 19.1 Å². The van der Waals surface area contributed by atoms with Gasteiger partial charge in [-0.2, -0.15) is 0 Å². The minimum absolute atomic E-state index is 0. The number of hydrogen-bond acceptors (Lipinski definition) is 5. The summed E-state index contributed by atoms with van der Waals surface area (Å²) in [7, 11) is 3.21. The first-order valence-corrected chi connectivity index (χ1v) is 3.38. The Morgan fingerprint density at radius 1 is 0.917 bits per heavy atom. The summed E-state index contributed by atoms with van der Waals surface area (Å²) in [5, 5.41) is 0. The quantitative estimate of drug-likeness (QED) is 0.308. The molecule has 0 aromatic carbocycles. The Hall–Kier alpha value is 0.800. The van der Waals surface area contributed by atoms with Gasteiger partial charge < -0.3 is 9.47 Å². The van der Waals surface area contributed by atoms with Crippen LogP contribution < -0.4 is 5.64 Å². The SMILES string of the molecule is COCCONOCCOC.[H+].[NaH]. The van der Waals surface area contributed by atoms with Crippen molar-refractivity contribution in [1.82, 2.24) is 5.64 Å². The summed E-state index contributed by atoms with van der Waals surface area (Å²) in [5.74, 6) is 0. The number of methoxy groups -OCH3 is 2. The van der Waals surface area contributed by atoms with Gasteiger partial charge >= 0.3 is 31.0 Å².